The van der Waals surface area contributed by atoms with Crippen LogP contribution in [0.5, 0.6) is 0 Å². The van der Waals surface area contributed by atoms with Crippen molar-refractivity contribution >= 4 is 34.7 Å². The van der Waals surface area contributed by atoms with Crippen LogP contribution in [0.4, 0.5) is 5.69 Å². The van der Waals surface area contributed by atoms with Crippen LogP contribution in [0.25, 0.3) is 10.7 Å². The Hall–Kier alpha value is -2.90. The third-order valence-corrected chi connectivity index (χ3v) is 6.09. The van der Waals surface area contributed by atoms with Crippen molar-refractivity contribution < 1.29 is 4.79 Å². The smallest absolute Gasteiger partial charge is 0.242 e. The molecule has 0 fully saturated rings. The molecule has 4 rings (SSSR count). The highest BCUT2D eigenvalue weighted by Gasteiger charge is 2.24. The fraction of sp³-hybridized carbons (Fsp3) is 0.0952. The minimum Gasteiger partial charge on any atom is -0.325 e. The van der Waals surface area contributed by atoms with Gasteiger partial charge < -0.3 is 5.32 Å². The number of aryl methyl sites for hydroxylation is 1. The molecule has 1 atom stereocenters. The molecular formula is C21H18N4OS2. The van der Waals surface area contributed by atoms with E-state index in [1.165, 1.54) is 11.8 Å². The molecule has 0 aliphatic carbocycles. The van der Waals surface area contributed by atoms with E-state index in [4.69, 9.17) is 0 Å². The predicted molar refractivity (Wildman–Crippen MR) is 115 cm³/mol. The van der Waals surface area contributed by atoms with Crippen LogP contribution >= 0.6 is 23.1 Å². The highest BCUT2D eigenvalue weighted by Crippen LogP contribution is 2.35. The highest BCUT2D eigenvalue weighted by molar-refractivity contribution is 8.00. The zero-order valence-corrected chi connectivity index (χ0v) is 16.8. The van der Waals surface area contributed by atoms with Crippen molar-refractivity contribution in [1.29, 1.82) is 0 Å². The van der Waals surface area contributed by atoms with Gasteiger partial charge in [-0.05, 0) is 36.1 Å². The number of thioether (sulfide) groups is 1. The number of H-pyrrole nitrogens is 1. The van der Waals surface area contributed by atoms with Crippen molar-refractivity contribution in [2.45, 2.75) is 17.3 Å². The summed E-state index contributed by atoms with van der Waals surface area (Å²) in [6, 6.07) is 21.4. The Labute approximate surface area is 171 Å². The summed E-state index contributed by atoms with van der Waals surface area (Å²) in [4.78, 5) is 18.6. The van der Waals surface area contributed by atoms with Gasteiger partial charge >= 0.3 is 0 Å². The molecule has 0 saturated heterocycles. The fourth-order valence-electron chi connectivity index (χ4n) is 2.67. The van der Waals surface area contributed by atoms with Crippen molar-refractivity contribution in [3.63, 3.8) is 0 Å². The average molecular weight is 407 g/mol. The van der Waals surface area contributed by atoms with E-state index in [2.05, 4.69) is 20.5 Å². The van der Waals surface area contributed by atoms with E-state index in [1.54, 1.807) is 11.3 Å². The molecule has 2 N–H and O–H groups in total. The lowest BCUT2D eigenvalue weighted by Gasteiger charge is -2.15. The summed E-state index contributed by atoms with van der Waals surface area (Å²) in [6.07, 6.45) is 0. The maximum atomic E-state index is 13.0. The summed E-state index contributed by atoms with van der Waals surface area (Å²) < 4.78 is 0. The Kier molecular flexibility index (Phi) is 5.55. The molecule has 0 bridgehead atoms. The topological polar surface area (TPSA) is 70.7 Å². The number of nitrogens with one attached hydrogen (secondary N) is 2. The summed E-state index contributed by atoms with van der Waals surface area (Å²) in [5.74, 6) is 0.603. The fourth-order valence-corrected chi connectivity index (χ4v) is 4.25. The van der Waals surface area contributed by atoms with Gasteiger partial charge in [-0.25, -0.2) is 4.98 Å². The number of thiophene rings is 1. The molecule has 2 aromatic heterocycles. The van der Waals surface area contributed by atoms with Crippen molar-refractivity contribution in [1.82, 2.24) is 15.2 Å². The lowest BCUT2D eigenvalue weighted by atomic mass is 10.1. The number of anilines is 1. The van der Waals surface area contributed by atoms with Crippen LogP contribution in [-0.2, 0) is 4.79 Å². The Bertz CT molecular complexity index is 1040. The van der Waals surface area contributed by atoms with Crippen molar-refractivity contribution in [2.24, 2.45) is 0 Å². The van der Waals surface area contributed by atoms with E-state index in [9.17, 15) is 4.79 Å². The van der Waals surface area contributed by atoms with Gasteiger partial charge in [0, 0.05) is 5.69 Å². The van der Waals surface area contributed by atoms with Crippen molar-refractivity contribution in [3.05, 3.63) is 83.2 Å². The van der Waals surface area contributed by atoms with E-state index in [0.717, 1.165) is 21.7 Å². The molecule has 0 aliphatic heterocycles. The minimum atomic E-state index is -0.463. The second-order valence-electron chi connectivity index (χ2n) is 6.21. The summed E-state index contributed by atoms with van der Waals surface area (Å²) in [6.45, 7) is 2.02. The number of carbonyl (C=O) groups excluding carboxylic acids is 1. The number of aromatic amines is 1. The first-order valence-corrected chi connectivity index (χ1v) is 10.5. The summed E-state index contributed by atoms with van der Waals surface area (Å²) in [5.41, 5.74) is 2.82. The molecule has 0 unspecified atom stereocenters. The molecule has 5 nitrogen and oxygen atoms in total. The minimum absolute atomic E-state index is 0.109. The molecule has 140 valence electrons. The summed E-state index contributed by atoms with van der Waals surface area (Å²) >= 11 is 2.92. The first-order chi connectivity index (χ1) is 13.7. The van der Waals surface area contributed by atoms with Crippen LogP contribution in [0.1, 0.15) is 16.4 Å². The third kappa shape index (κ3) is 4.32. The highest BCUT2D eigenvalue weighted by atomic mass is 32.2. The molecule has 4 aromatic rings. The second kappa shape index (κ2) is 8.41. The number of rotatable bonds is 6. The molecule has 0 radical (unpaired) electrons. The number of hydrogen-bond donors (Lipinski definition) is 2. The number of aromatic nitrogens is 3. The van der Waals surface area contributed by atoms with E-state index in [1.807, 2.05) is 79.0 Å². The quantitative estimate of drug-likeness (QED) is 0.426. The first-order valence-electron chi connectivity index (χ1n) is 8.74. The number of hydrogen-bond acceptors (Lipinski definition) is 5. The molecule has 0 aliphatic rings. The van der Waals surface area contributed by atoms with Crippen molar-refractivity contribution in [3.8, 4) is 10.7 Å². The van der Waals surface area contributed by atoms with Gasteiger partial charge in [-0.15, -0.1) is 16.4 Å². The standard InChI is InChI=1S/C21H18N4OS2/c1-14-9-11-16(12-10-14)22-20(26)18(15-6-3-2-4-7-15)28-21-23-19(24-25-21)17-8-5-13-27-17/h2-13,18H,1H3,(H,22,26)(H,23,24,25)/t18-/m0/s1. The largest absolute Gasteiger partial charge is 0.325 e. The maximum absolute atomic E-state index is 13.0. The normalized spacial score (nSPS) is 11.9. The van der Waals surface area contributed by atoms with Gasteiger partial charge in [0.1, 0.15) is 5.25 Å². The molecule has 7 heteroatoms. The lowest BCUT2D eigenvalue weighted by molar-refractivity contribution is -0.115. The van der Waals surface area contributed by atoms with Crippen LogP contribution in [0.15, 0.2) is 77.3 Å². The second-order valence-corrected chi connectivity index (χ2v) is 8.23. The Morgan fingerprint density at radius 1 is 1.07 bits per heavy atom. The summed E-state index contributed by atoms with van der Waals surface area (Å²) in [7, 11) is 0. The first kappa shape index (κ1) is 18.5. The van der Waals surface area contributed by atoms with E-state index in [-0.39, 0.29) is 5.91 Å². The van der Waals surface area contributed by atoms with Crippen LogP contribution < -0.4 is 5.32 Å². The molecule has 28 heavy (non-hydrogen) atoms. The van der Waals surface area contributed by atoms with Crippen LogP contribution in [-0.4, -0.2) is 21.1 Å². The van der Waals surface area contributed by atoms with Gasteiger partial charge in [-0.1, -0.05) is 65.9 Å². The number of nitrogens with zero attached hydrogens (tertiary/aromatic N) is 2. The van der Waals surface area contributed by atoms with Crippen LogP contribution in [0.2, 0.25) is 0 Å². The predicted octanol–water partition coefficient (Wildman–Crippen LogP) is 5.31. The van der Waals surface area contributed by atoms with Crippen LogP contribution in [0, 0.1) is 6.92 Å². The number of benzene rings is 2. The molecule has 1 amide bonds. The van der Waals surface area contributed by atoms with E-state index < -0.39 is 5.25 Å². The van der Waals surface area contributed by atoms with Gasteiger partial charge in [0.25, 0.3) is 0 Å². The molecular weight excluding hydrogens is 388 g/mol. The zero-order chi connectivity index (χ0) is 19.3. The zero-order valence-electron chi connectivity index (χ0n) is 15.1. The Morgan fingerprint density at radius 2 is 1.86 bits per heavy atom. The Morgan fingerprint density at radius 3 is 2.57 bits per heavy atom. The average Bonchev–Trinajstić information content (AvgIpc) is 3.40. The van der Waals surface area contributed by atoms with Gasteiger partial charge in [0.15, 0.2) is 5.82 Å². The van der Waals surface area contributed by atoms with Gasteiger partial charge in [0.05, 0.1) is 4.88 Å². The maximum Gasteiger partial charge on any atom is 0.242 e. The van der Waals surface area contributed by atoms with Gasteiger partial charge in [-0.2, -0.15) is 0 Å². The molecule has 0 saturated carbocycles. The van der Waals surface area contributed by atoms with Crippen LogP contribution in [0.3, 0.4) is 0 Å². The Balaban J connectivity index is 1.57. The molecule has 2 heterocycles. The lowest BCUT2D eigenvalue weighted by Crippen LogP contribution is -2.19. The number of amides is 1. The van der Waals surface area contributed by atoms with Crippen molar-refractivity contribution in [2.75, 3.05) is 5.32 Å². The number of carbonyl (C=O) groups is 1. The monoisotopic (exact) mass is 406 g/mol. The SMILES string of the molecule is Cc1ccc(NC(=O)[C@@H](Sc2n[nH]c(-c3cccs3)n2)c2ccccc2)cc1. The van der Waals surface area contributed by atoms with Gasteiger partial charge in [0.2, 0.25) is 11.1 Å². The molecule has 2 aromatic carbocycles. The molecule has 0 spiro atoms. The third-order valence-electron chi connectivity index (χ3n) is 4.10. The summed E-state index contributed by atoms with van der Waals surface area (Å²) in [5, 5.41) is 12.3. The van der Waals surface area contributed by atoms with E-state index in [0.29, 0.717) is 11.0 Å². The van der Waals surface area contributed by atoms with E-state index >= 15 is 0 Å². The van der Waals surface area contributed by atoms with Gasteiger partial charge in [-0.3, -0.25) is 9.89 Å².